The van der Waals surface area contributed by atoms with Gasteiger partial charge in [0.2, 0.25) is 0 Å². The first-order valence-corrected chi connectivity index (χ1v) is 6.02. The third kappa shape index (κ3) is 3.28. The molecule has 92 valence electrons. The molecular formula is C14H14N2OS. The summed E-state index contributed by atoms with van der Waals surface area (Å²) in [6, 6.07) is 14.7. The summed E-state index contributed by atoms with van der Waals surface area (Å²) in [5, 5.41) is 5.53. The third-order valence-corrected chi connectivity index (χ3v) is 2.82. The number of para-hydroxylation sites is 1. The van der Waals surface area contributed by atoms with Crippen LogP contribution in [0.4, 0.5) is 16.2 Å². The van der Waals surface area contributed by atoms with Crippen molar-refractivity contribution in [2.75, 3.05) is 10.6 Å². The van der Waals surface area contributed by atoms with Crippen molar-refractivity contribution in [2.45, 2.75) is 11.8 Å². The number of benzene rings is 2. The number of hydrogen-bond acceptors (Lipinski definition) is 2. The molecule has 0 spiro atoms. The molecule has 18 heavy (non-hydrogen) atoms. The molecule has 2 aromatic carbocycles. The molecule has 4 heteroatoms. The Morgan fingerprint density at radius 2 is 1.83 bits per heavy atom. The Morgan fingerprint density at radius 1 is 1.06 bits per heavy atom. The minimum Gasteiger partial charge on any atom is -0.308 e. The van der Waals surface area contributed by atoms with Crippen LogP contribution in [-0.4, -0.2) is 6.03 Å². The molecule has 0 unspecified atom stereocenters. The maximum Gasteiger partial charge on any atom is 0.323 e. The largest absolute Gasteiger partial charge is 0.323 e. The van der Waals surface area contributed by atoms with Gasteiger partial charge in [-0.15, -0.1) is 12.6 Å². The fourth-order valence-electron chi connectivity index (χ4n) is 1.59. The van der Waals surface area contributed by atoms with Gasteiger partial charge in [-0.3, -0.25) is 0 Å². The van der Waals surface area contributed by atoms with Crippen molar-refractivity contribution in [1.29, 1.82) is 0 Å². The van der Waals surface area contributed by atoms with Crippen molar-refractivity contribution in [3.63, 3.8) is 0 Å². The van der Waals surface area contributed by atoms with E-state index in [9.17, 15) is 4.79 Å². The lowest BCUT2D eigenvalue weighted by Crippen LogP contribution is -2.19. The van der Waals surface area contributed by atoms with Gasteiger partial charge in [0.25, 0.3) is 0 Å². The summed E-state index contributed by atoms with van der Waals surface area (Å²) in [7, 11) is 0. The predicted octanol–water partition coefficient (Wildman–Crippen LogP) is 3.93. The van der Waals surface area contributed by atoms with Gasteiger partial charge in [-0.1, -0.05) is 24.3 Å². The van der Waals surface area contributed by atoms with Gasteiger partial charge in [-0.2, -0.15) is 0 Å². The highest BCUT2D eigenvalue weighted by molar-refractivity contribution is 7.80. The van der Waals surface area contributed by atoms with Crippen molar-refractivity contribution in [3.8, 4) is 0 Å². The molecule has 3 nitrogen and oxygen atoms in total. The number of thiol groups is 1. The Morgan fingerprint density at radius 3 is 2.56 bits per heavy atom. The molecular weight excluding hydrogens is 244 g/mol. The van der Waals surface area contributed by atoms with Crippen LogP contribution in [0.15, 0.2) is 53.4 Å². The van der Waals surface area contributed by atoms with Gasteiger partial charge in [0.15, 0.2) is 0 Å². The number of aryl methyl sites for hydroxylation is 1. The van der Waals surface area contributed by atoms with E-state index < -0.39 is 0 Å². The molecule has 0 heterocycles. The SMILES string of the molecule is Cc1cccc(NC(=O)Nc2ccccc2S)c1. The molecule has 0 fully saturated rings. The summed E-state index contributed by atoms with van der Waals surface area (Å²) in [6.45, 7) is 1.98. The number of hydrogen-bond donors (Lipinski definition) is 3. The standard InChI is InChI=1S/C14H14N2OS/c1-10-5-4-6-11(9-10)15-14(17)16-12-7-2-3-8-13(12)18/h2-9,18H,1H3,(H2,15,16,17). The zero-order chi connectivity index (χ0) is 13.0. The molecule has 0 aliphatic carbocycles. The molecule has 0 atom stereocenters. The van der Waals surface area contributed by atoms with E-state index in [1.165, 1.54) is 0 Å². The van der Waals surface area contributed by atoms with Crippen molar-refractivity contribution in [2.24, 2.45) is 0 Å². The van der Waals surface area contributed by atoms with E-state index in [2.05, 4.69) is 23.3 Å². The normalized spacial score (nSPS) is 9.89. The zero-order valence-corrected chi connectivity index (χ0v) is 10.9. The van der Waals surface area contributed by atoms with Crippen LogP contribution in [0.25, 0.3) is 0 Å². The van der Waals surface area contributed by atoms with Crippen molar-refractivity contribution in [1.82, 2.24) is 0 Å². The summed E-state index contributed by atoms with van der Waals surface area (Å²) in [5.41, 5.74) is 2.55. The minimum atomic E-state index is -0.276. The first-order chi connectivity index (χ1) is 8.65. The second-order valence-electron chi connectivity index (χ2n) is 3.97. The maximum atomic E-state index is 11.8. The fraction of sp³-hybridized carbons (Fsp3) is 0.0714. The number of carbonyl (C=O) groups is 1. The van der Waals surface area contributed by atoms with Gasteiger partial charge in [-0.05, 0) is 36.8 Å². The van der Waals surface area contributed by atoms with E-state index in [0.29, 0.717) is 5.69 Å². The highest BCUT2D eigenvalue weighted by Gasteiger charge is 2.04. The molecule has 2 rings (SSSR count). The Bertz CT molecular complexity index is 569. The van der Waals surface area contributed by atoms with Gasteiger partial charge in [0, 0.05) is 10.6 Å². The number of rotatable bonds is 2. The Balaban J connectivity index is 2.03. The average Bonchev–Trinajstić information content (AvgIpc) is 2.32. The van der Waals surface area contributed by atoms with Gasteiger partial charge < -0.3 is 10.6 Å². The number of nitrogens with one attached hydrogen (secondary N) is 2. The first kappa shape index (κ1) is 12.5. The number of carbonyl (C=O) groups excluding carboxylic acids is 1. The van der Waals surface area contributed by atoms with Gasteiger partial charge in [0.1, 0.15) is 0 Å². The predicted molar refractivity (Wildman–Crippen MR) is 77.5 cm³/mol. The number of amides is 2. The van der Waals surface area contributed by atoms with Gasteiger partial charge in [0.05, 0.1) is 5.69 Å². The van der Waals surface area contributed by atoms with E-state index >= 15 is 0 Å². The minimum absolute atomic E-state index is 0.276. The van der Waals surface area contributed by atoms with E-state index in [0.717, 1.165) is 16.1 Å². The lowest BCUT2D eigenvalue weighted by molar-refractivity contribution is 0.262. The van der Waals surface area contributed by atoms with E-state index in [-0.39, 0.29) is 6.03 Å². The maximum absolute atomic E-state index is 11.8. The second-order valence-corrected chi connectivity index (χ2v) is 4.45. The van der Waals surface area contributed by atoms with Crippen LogP contribution in [0.5, 0.6) is 0 Å². The quantitative estimate of drug-likeness (QED) is 0.702. The molecule has 0 aromatic heterocycles. The van der Waals surface area contributed by atoms with Gasteiger partial charge >= 0.3 is 6.03 Å². The van der Waals surface area contributed by atoms with Crippen LogP contribution in [0, 0.1) is 6.92 Å². The van der Waals surface area contributed by atoms with E-state index in [1.807, 2.05) is 49.4 Å². The molecule has 0 aliphatic rings. The molecule has 0 radical (unpaired) electrons. The summed E-state index contributed by atoms with van der Waals surface area (Å²) in [4.78, 5) is 12.5. The van der Waals surface area contributed by atoms with Crippen LogP contribution in [0.3, 0.4) is 0 Å². The molecule has 0 aliphatic heterocycles. The van der Waals surface area contributed by atoms with Crippen LogP contribution in [0.1, 0.15) is 5.56 Å². The van der Waals surface area contributed by atoms with Crippen LogP contribution >= 0.6 is 12.6 Å². The van der Waals surface area contributed by atoms with Gasteiger partial charge in [-0.25, -0.2) is 4.79 Å². The summed E-state index contributed by atoms with van der Waals surface area (Å²) < 4.78 is 0. The van der Waals surface area contributed by atoms with Crippen LogP contribution < -0.4 is 10.6 Å². The topological polar surface area (TPSA) is 41.1 Å². The second kappa shape index (κ2) is 5.60. The smallest absolute Gasteiger partial charge is 0.308 e. The lowest BCUT2D eigenvalue weighted by Gasteiger charge is -2.09. The number of anilines is 2. The Kier molecular flexibility index (Phi) is 3.89. The molecule has 2 aromatic rings. The lowest BCUT2D eigenvalue weighted by atomic mass is 10.2. The van der Waals surface area contributed by atoms with Crippen molar-refractivity contribution < 1.29 is 4.79 Å². The fourth-order valence-corrected chi connectivity index (χ4v) is 1.80. The summed E-state index contributed by atoms with van der Waals surface area (Å²) >= 11 is 4.27. The third-order valence-electron chi connectivity index (χ3n) is 2.43. The summed E-state index contributed by atoms with van der Waals surface area (Å²) in [6.07, 6.45) is 0. The monoisotopic (exact) mass is 258 g/mol. The van der Waals surface area contributed by atoms with E-state index in [4.69, 9.17) is 0 Å². The zero-order valence-electron chi connectivity index (χ0n) is 9.97. The summed E-state index contributed by atoms with van der Waals surface area (Å²) in [5.74, 6) is 0. The highest BCUT2D eigenvalue weighted by atomic mass is 32.1. The molecule has 0 saturated heterocycles. The molecule has 0 bridgehead atoms. The number of urea groups is 1. The molecule has 0 saturated carbocycles. The first-order valence-electron chi connectivity index (χ1n) is 5.58. The Labute approximate surface area is 112 Å². The van der Waals surface area contributed by atoms with Crippen LogP contribution in [-0.2, 0) is 0 Å². The van der Waals surface area contributed by atoms with Crippen LogP contribution in [0.2, 0.25) is 0 Å². The molecule has 2 amide bonds. The van der Waals surface area contributed by atoms with Crippen molar-refractivity contribution >= 4 is 30.0 Å². The average molecular weight is 258 g/mol. The molecule has 2 N–H and O–H groups in total. The van der Waals surface area contributed by atoms with E-state index in [1.54, 1.807) is 6.07 Å². The highest BCUT2D eigenvalue weighted by Crippen LogP contribution is 2.19. The van der Waals surface area contributed by atoms with Crippen molar-refractivity contribution in [3.05, 3.63) is 54.1 Å². The Hall–Kier alpha value is -1.94.